The molecule has 2 heterocycles. The second kappa shape index (κ2) is 7.61. The molecule has 0 saturated carbocycles. The Kier molecular flexibility index (Phi) is 5.03. The fourth-order valence-corrected chi connectivity index (χ4v) is 4.06. The Morgan fingerprint density at radius 1 is 1.15 bits per heavy atom. The van der Waals surface area contributed by atoms with Crippen molar-refractivity contribution in [2.24, 2.45) is 0 Å². The highest BCUT2D eigenvalue weighted by Crippen LogP contribution is 2.32. The molecule has 2 aromatic rings. The third-order valence-corrected chi connectivity index (χ3v) is 5.58. The van der Waals surface area contributed by atoms with Crippen LogP contribution in [-0.2, 0) is 16.0 Å². The number of hydrogen-bond acceptors (Lipinski definition) is 3. The Morgan fingerprint density at radius 2 is 1.93 bits per heavy atom. The largest absolute Gasteiger partial charge is 0.482 e. The normalized spacial score (nSPS) is 19.0. The molecule has 0 bridgehead atoms. The van der Waals surface area contributed by atoms with Crippen molar-refractivity contribution in [1.29, 1.82) is 0 Å². The van der Waals surface area contributed by atoms with Gasteiger partial charge in [-0.2, -0.15) is 0 Å². The van der Waals surface area contributed by atoms with Gasteiger partial charge in [0.25, 0.3) is 5.91 Å². The monoisotopic (exact) mass is 384 g/mol. The zero-order chi connectivity index (χ0) is 18.8. The highest BCUT2D eigenvalue weighted by Gasteiger charge is 2.33. The maximum absolute atomic E-state index is 13.0. The number of nitrogens with zero attached hydrogens (tertiary/aromatic N) is 2. The van der Waals surface area contributed by atoms with Crippen molar-refractivity contribution in [2.45, 2.75) is 25.3 Å². The Bertz CT molecular complexity index is 870. The molecule has 140 valence electrons. The lowest BCUT2D eigenvalue weighted by Crippen LogP contribution is -2.48. The van der Waals surface area contributed by atoms with E-state index in [9.17, 15) is 9.59 Å². The maximum atomic E-state index is 13.0. The fraction of sp³-hybridized carbons (Fsp3) is 0.333. The Labute approximate surface area is 163 Å². The first-order valence-electron chi connectivity index (χ1n) is 9.18. The number of anilines is 1. The number of halogens is 1. The quantitative estimate of drug-likeness (QED) is 0.812. The number of fused-ring (bicyclic) bond motifs is 1. The SMILES string of the molecule is O=C1COc2ccccc2N1CC(=O)N1CCCC1Cc1ccccc1Cl. The van der Waals surface area contributed by atoms with Gasteiger partial charge < -0.3 is 9.64 Å². The van der Waals surface area contributed by atoms with Crippen molar-refractivity contribution in [3.8, 4) is 5.75 Å². The van der Waals surface area contributed by atoms with Gasteiger partial charge in [0.1, 0.15) is 12.3 Å². The third-order valence-electron chi connectivity index (χ3n) is 5.21. The van der Waals surface area contributed by atoms with Crippen molar-refractivity contribution in [2.75, 3.05) is 24.6 Å². The minimum Gasteiger partial charge on any atom is -0.482 e. The molecule has 2 aromatic carbocycles. The van der Waals surface area contributed by atoms with Crippen LogP contribution in [0.3, 0.4) is 0 Å². The number of hydrogen-bond donors (Lipinski definition) is 0. The molecule has 27 heavy (non-hydrogen) atoms. The summed E-state index contributed by atoms with van der Waals surface area (Å²) in [5.41, 5.74) is 1.71. The lowest BCUT2D eigenvalue weighted by atomic mass is 10.0. The van der Waals surface area contributed by atoms with E-state index >= 15 is 0 Å². The second-order valence-corrected chi connectivity index (χ2v) is 7.32. The summed E-state index contributed by atoms with van der Waals surface area (Å²) in [5, 5.41) is 0.731. The number of rotatable bonds is 4. The van der Waals surface area contributed by atoms with Gasteiger partial charge in [-0.15, -0.1) is 0 Å². The van der Waals surface area contributed by atoms with Gasteiger partial charge in [0.05, 0.1) is 5.69 Å². The van der Waals surface area contributed by atoms with Crippen LogP contribution in [0.25, 0.3) is 0 Å². The molecule has 0 aliphatic carbocycles. The number of carbonyl (C=O) groups excluding carboxylic acids is 2. The first-order chi connectivity index (χ1) is 13.1. The molecule has 1 saturated heterocycles. The van der Waals surface area contributed by atoms with Crippen LogP contribution < -0.4 is 9.64 Å². The molecule has 0 radical (unpaired) electrons. The molecule has 1 atom stereocenters. The number of carbonyl (C=O) groups is 2. The first-order valence-corrected chi connectivity index (χ1v) is 9.56. The third kappa shape index (κ3) is 3.65. The van der Waals surface area contributed by atoms with E-state index in [0.717, 1.165) is 29.8 Å². The van der Waals surface area contributed by atoms with E-state index in [1.807, 2.05) is 53.4 Å². The van der Waals surface area contributed by atoms with Crippen molar-refractivity contribution < 1.29 is 14.3 Å². The van der Waals surface area contributed by atoms with Gasteiger partial charge in [0.2, 0.25) is 5.91 Å². The minimum atomic E-state index is -0.191. The van der Waals surface area contributed by atoms with Crippen LogP contribution in [0.4, 0.5) is 5.69 Å². The standard InChI is InChI=1S/C21H21ClN2O3/c22-17-8-2-1-6-15(17)12-16-7-5-11-23(16)20(25)13-24-18-9-3-4-10-19(18)27-14-21(24)26/h1-4,6,8-10,16H,5,7,11-14H2. The fourth-order valence-electron chi connectivity index (χ4n) is 3.85. The number of ether oxygens (including phenoxy) is 1. The van der Waals surface area contributed by atoms with Crippen LogP contribution in [0.15, 0.2) is 48.5 Å². The van der Waals surface area contributed by atoms with E-state index in [1.165, 1.54) is 4.90 Å². The number of benzene rings is 2. The van der Waals surface area contributed by atoms with Crippen molar-refractivity contribution >= 4 is 29.1 Å². The summed E-state index contributed by atoms with van der Waals surface area (Å²) in [6.45, 7) is 0.722. The summed E-state index contributed by atoms with van der Waals surface area (Å²) in [6, 6.07) is 15.2. The van der Waals surface area contributed by atoms with Crippen molar-refractivity contribution in [1.82, 2.24) is 4.90 Å². The van der Waals surface area contributed by atoms with Gasteiger partial charge >= 0.3 is 0 Å². The van der Waals surface area contributed by atoms with Gasteiger partial charge in [-0.05, 0) is 43.0 Å². The molecule has 0 spiro atoms. The molecule has 1 unspecified atom stereocenters. The van der Waals surface area contributed by atoms with E-state index in [2.05, 4.69) is 0 Å². The zero-order valence-corrected chi connectivity index (χ0v) is 15.7. The van der Waals surface area contributed by atoms with Gasteiger partial charge in [-0.3, -0.25) is 14.5 Å². The molecular formula is C21H21ClN2O3. The van der Waals surface area contributed by atoms with Crippen LogP contribution in [0.5, 0.6) is 5.75 Å². The van der Waals surface area contributed by atoms with Crippen molar-refractivity contribution in [3.05, 3.63) is 59.1 Å². The highest BCUT2D eigenvalue weighted by molar-refractivity contribution is 6.31. The maximum Gasteiger partial charge on any atom is 0.265 e. The van der Waals surface area contributed by atoms with Crippen LogP contribution >= 0.6 is 11.6 Å². The van der Waals surface area contributed by atoms with Gasteiger partial charge in [-0.1, -0.05) is 41.9 Å². The van der Waals surface area contributed by atoms with Gasteiger partial charge in [0, 0.05) is 17.6 Å². The Hall–Kier alpha value is -2.53. The predicted molar refractivity (Wildman–Crippen MR) is 104 cm³/mol. The van der Waals surface area contributed by atoms with E-state index in [0.29, 0.717) is 18.0 Å². The van der Waals surface area contributed by atoms with Crippen molar-refractivity contribution in [3.63, 3.8) is 0 Å². The molecule has 2 aliphatic rings. The number of amides is 2. The Morgan fingerprint density at radius 3 is 2.78 bits per heavy atom. The molecular weight excluding hydrogens is 364 g/mol. The smallest absolute Gasteiger partial charge is 0.265 e. The van der Waals surface area contributed by atoms with Gasteiger partial charge in [-0.25, -0.2) is 0 Å². The number of para-hydroxylation sites is 2. The number of likely N-dealkylation sites (tertiary alicyclic amines) is 1. The van der Waals surface area contributed by atoms with E-state index in [4.69, 9.17) is 16.3 Å². The summed E-state index contributed by atoms with van der Waals surface area (Å²) >= 11 is 6.29. The first kappa shape index (κ1) is 17.9. The van der Waals surface area contributed by atoms with E-state index in [-0.39, 0.29) is 31.0 Å². The summed E-state index contributed by atoms with van der Waals surface area (Å²) in [4.78, 5) is 28.8. The average Bonchev–Trinajstić information content (AvgIpc) is 3.14. The van der Waals surface area contributed by atoms with E-state index < -0.39 is 0 Å². The molecule has 4 rings (SSSR count). The summed E-state index contributed by atoms with van der Waals surface area (Å²) in [5.74, 6) is 0.414. The molecule has 1 fully saturated rings. The molecule has 2 amide bonds. The lowest BCUT2D eigenvalue weighted by molar-refractivity contribution is -0.132. The average molecular weight is 385 g/mol. The molecule has 0 N–H and O–H groups in total. The Balaban J connectivity index is 1.49. The van der Waals surface area contributed by atoms with E-state index in [1.54, 1.807) is 0 Å². The molecule has 2 aliphatic heterocycles. The van der Waals surface area contributed by atoms with Crippen LogP contribution in [0.2, 0.25) is 5.02 Å². The van der Waals surface area contributed by atoms with Crippen LogP contribution in [0.1, 0.15) is 18.4 Å². The van der Waals surface area contributed by atoms with Crippen LogP contribution in [0, 0.1) is 0 Å². The molecule has 6 heteroatoms. The topological polar surface area (TPSA) is 49.9 Å². The lowest BCUT2D eigenvalue weighted by Gasteiger charge is -2.32. The minimum absolute atomic E-state index is 0.0328. The summed E-state index contributed by atoms with van der Waals surface area (Å²) < 4.78 is 5.46. The predicted octanol–water partition coefficient (Wildman–Crippen LogP) is 3.30. The van der Waals surface area contributed by atoms with Crippen LogP contribution in [-0.4, -0.2) is 42.5 Å². The summed E-state index contributed by atoms with van der Waals surface area (Å²) in [7, 11) is 0. The second-order valence-electron chi connectivity index (χ2n) is 6.92. The molecule has 0 aromatic heterocycles. The highest BCUT2D eigenvalue weighted by atomic mass is 35.5. The van der Waals surface area contributed by atoms with Gasteiger partial charge in [0.15, 0.2) is 6.61 Å². The molecule has 5 nitrogen and oxygen atoms in total. The summed E-state index contributed by atoms with van der Waals surface area (Å²) in [6.07, 6.45) is 2.65. The zero-order valence-electron chi connectivity index (χ0n) is 14.9.